The number of benzene rings is 1. The fraction of sp³-hybridized carbons (Fsp3) is 0.571. The molecule has 0 bridgehead atoms. The lowest BCUT2D eigenvalue weighted by molar-refractivity contribution is -0.135. The summed E-state index contributed by atoms with van der Waals surface area (Å²) in [7, 11) is -3.78. The molecule has 0 aromatic heterocycles. The van der Waals surface area contributed by atoms with Gasteiger partial charge in [-0.1, -0.05) is 25.3 Å². The van der Waals surface area contributed by atoms with E-state index in [1.54, 1.807) is 17.0 Å². The van der Waals surface area contributed by atoms with Gasteiger partial charge < -0.3 is 10.2 Å². The van der Waals surface area contributed by atoms with Gasteiger partial charge in [0.25, 0.3) is 10.0 Å². The lowest BCUT2D eigenvalue weighted by Crippen LogP contribution is -2.39. The molecule has 0 saturated carbocycles. The van der Waals surface area contributed by atoms with Gasteiger partial charge >= 0.3 is 0 Å². The number of carbonyl (C=O) groups excluding carboxylic acids is 2. The number of nitrogens with one attached hydrogen (secondary N) is 2. The summed E-state index contributed by atoms with van der Waals surface area (Å²) >= 11 is 0. The first kappa shape index (κ1) is 22.3. The standard InChI is InChI=1S/C21H30N4O4S/c26-20(16-25-14-7-2-1-5-12-21(25)27)23-17-9-8-10-18(15-17)30(28,29)24-19-11-4-3-6-13-22-19/h8-10,15H,1-7,11-14,16H2,(H,22,24)(H,23,26). The molecule has 0 spiro atoms. The van der Waals surface area contributed by atoms with Gasteiger partial charge in [0.2, 0.25) is 11.8 Å². The van der Waals surface area contributed by atoms with Gasteiger partial charge in [-0.3, -0.25) is 19.3 Å². The van der Waals surface area contributed by atoms with Crippen LogP contribution >= 0.6 is 0 Å². The molecule has 2 aliphatic rings. The van der Waals surface area contributed by atoms with Gasteiger partial charge in [0.1, 0.15) is 5.84 Å². The summed E-state index contributed by atoms with van der Waals surface area (Å²) in [5.41, 5.74) is 0.380. The molecule has 2 N–H and O–H groups in total. The molecule has 1 fully saturated rings. The number of carbonyl (C=O) groups is 2. The molecule has 1 aromatic rings. The third-order valence-electron chi connectivity index (χ3n) is 5.31. The van der Waals surface area contributed by atoms with Gasteiger partial charge in [0, 0.05) is 31.6 Å². The topological polar surface area (TPSA) is 108 Å². The molecule has 1 saturated heterocycles. The second kappa shape index (κ2) is 10.6. The van der Waals surface area contributed by atoms with Gasteiger partial charge in [-0.25, -0.2) is 8.42 Å². The molecule has 3 rings (SSSR count). The Morgan fingerprint density at radius 2 is 1.80 bits per heavy atom. The molecule has 8 nitrogen and oxygen atoms in total. The first-order valence-corrected chi connectivity index (χ1v) is 12.2. The molecule has 0 unspecified atom stereocenters. The van der Waals surface area contributed by atoms with E-state index < -0.39 is 10.0 Å². The largest absolute Gasteiger partial charge is 0.333 e. The number of anilines is 1. The number of amides is 2. The van der Waals surface area contributed by atoms with Crippen LogP contribution in [0.2, 0.25) is 0 Å². The Balaban J connectivity index is 1.63. The van der Waals surface area contributed by atoms with Crippen molar-refractivity contribution >= 4 is 33.4 Å². The van der Waals surface area contributed by atoms with Crippen molar-refractivity contribution in [3.05, 3.63) is 24.3 Å². The quantitative estimate of drug-likeness (QED) is 0.743. The summed E-state index contributed by atoms with van der Waals surface area (Å²) in [6, 6.07) is 6.12. The fourth-order valence-electron chi connectivity index (χ4n) is 3.67. The molecule has 9 heteroatoms. The lowest BCUT2D eigenvalue weighted by Gasteiger charge is -2.24. The second-order valence-corrected chi connectivity index (χ2v) is 9.48. The Morgan fingerprint density at radius 3 is 2.67 bits per heavy atom. The normalized spacial score (nSPS) is 18.6. The van der Waals surface area contributed by atoms with Crippen molar-refractivity contribution in [2.45, 2.75) is 62.7 Å². The van der Waals surface area contributed by atoms with Crippen molar-refractivity contribution in [3.63, 3.8) is 0 Å². The second-order valence-electron chi connectivity index (χ2n) is 7.80. The first-order valence-electron chi connectivity index (χ1n) is 10.7. The van der Waals surface area contributed by atoms with E-state index >= 15 is 0 Å². The third-order valence-corrected chi connectivity index (χ3v) is 6.69. The highest BCUT2D eigenvalue weighted by atomic mass is 32.2. The van der Waals surface area contributed by atoms with Crippen molar-refractivity contribution < 1.29 is 18.0 Å². The number of aliphatic imine (C=N–C) groups is 1. The molecule has 2 heterocycles. The highest BCUT2D eigenvalue weighted by Crippen LogP contribution is 2.17. The molecule has 0 radical (unpaired) electrons. The van der Waals surface area contributed by atoms with Gasteiger partial charge in [-0.15, -0.1) is 0 Å². The van der Waals surface area contributed by atoms with Crippen LogP contribution in [0.4, 0.5) is 5.69 Å². The number of nitrogens with zero attached hydrogens (tertiary/aromatic N) is 2. The molecular formula is C21H30N4O4S. The predicted octanol–water partition coefficient (Wildman–Crippen LogP) is 2.67. The Morgan fingerprint density at radius 1 is 1.03 bits per heavy atom. The monoisotopic (exact) mass is 434 g/mol. The van der Waals surface area contributed by atoms with E-state index in [-0.39, 0.29) is 23.3 Å². The van der Waals surface area contributed by atoms with Crippen molar-refractivity contribution in [1.29, 1.82) is 0 Å². The maximum absolute atomic E-state index is 12.7. The zero-order valence-electron chi connectivity index (χ0n) is 17.2. The zero-order chi connectivity index (χ0) is 21.4. The molecule has 2 amide bonds. The minimum Gasteiger partial charge on any atom is -0.333 e. The van der Waals surface area contributed by atoms with Crippen LogP contribution in [0.25, 0.3) is 0 Å². The summed E-state index contributed by atoms with van der Waals surface area (Å²) in [5.74, 6) is 0.145. The maximum Gasteiger partial charge on any atom is 0.262 e. The number of hydrogen-bond acceptors (Lipinski definition) is 5. The maximum atomic E-state index is 12.7. The van der Waals surface area contributed by atoms with Crippen molar-refractivity contribution in [2.24, 2.45) is 4.99 Å². The fourth-order valence-corrected chi connectivity index (χ4v) is 4.80. The van der Waals surface area contributed by atoms with Crippen LogP contribution in [0.5, 0.6) is 0 Å². The number of amidine groups is 1. The molecule has 0 atom stereocenters. The van der Waals surface area contributed by atoms with E-state index in [2.05, 4.69) is 15.0 Å². The van der Waals surface area contributed by atoms with E-state index in [0.717, 1.165) is 44.9 Å². The first-order chi connectivity index (χ1) is 14.4. The zero-order valence-corrected chi connectivity index (χ0v) is 18.0. The van der Waals surface area contributed by atoms with Crippen LogP contribution < -0.4 is 10.0 Å². The number of sulfonamides is 1. The third kappa shape index (κ3) is 6.55. The lowest BCUT2D eigenvalue weighted by atomic mass is 10.1. The van der Waals surface area contributed by atoms with Crippen molar-refractivity contribution in [1.82, 2.24) is 9.62 Å². The summed E-state index contributed by atoms with van der Waals surface area (Å²) in [6.45, 7) is 1.18. The van der Waals surface area contributed by atoms with Crippen molar-refractivity contribution in [2.75, 3.05) is 25.0 Å². The summed E-state index contributed by atoms with van der Waals surface area (Å²) < 4.78 is 28.0. The molecule has 30 heavy (non-hydrogen) atoms. The molecule has 164 valence electrons. The number of rotatable bonds is 5. The molecule has 0 aliphatic carbocycles. The van der Waals surface area contributed by atoms with E-state index in [0.29, 0.717) is 37.5 Å². The Hall–Kier alpha value is -2.42. The van der Waals surface area contributed by atoms with Crippen LogP contribution in [0, 0.1) is 0 Å². The van der Waals surface area contributed by atoms with Gasteiger partial charge in [0.15, 0.2) is 0 Å². The van der Waals surface area contributed by atoms with Gasteiger partial charge in [-0.05, 0) is 43.9 Å². The summed E-state index contributed by atoms with van der Waals surface area (Å²) in [4.78, 5) is 30.6. The van der Waals surface area contributed by atoms with Crippen molar-refractivity contribution in [3.8, 4) is 0 Å². The van der Waals surface area contributed by atoms with Crippen LogP contribution in [-0.2, 0) is 19.6 Å². The Labute approximate surface area is 178 Å². The number of hydrogen-bond donors (Lipinski definition) is 2. The smallest absolute Gasteiger partial charge is 0.262 e. The van der Waals surface area contributed by atoms with Gasteiger partial charge in [0.05, 0.1) is 11.4 Å². The van der Waals surface area contributed by atoms with Crippen LogP contribution in [0.15, 0.2) is 34.2 Å². The predicted molar refractivity (Wildman–Crippen MR) is 116 cm³/mol. The van der Waals surface area contributed by atoms with Crippen LogP contribution in [0.1, 0.15) is 57.8 Å². The number of likely N-dealkylation sites (tertiary alicyclic amines) is 1. The summed E-state index contributed by atoms with van der Waals surface area (Å²) in [6.07, 6.45) is 7.85. The minimum absolute atomic E-state index is 0.00504. The van der Waals surface area contributed by atoms with Crippen LogP contribution in [0.3, 0.4) is 0 Å². The molecule has 2 aliphatic heterocycles. The summed E-state index contributed by atoms with van der Waals surface area (Å²) in [5, 5.41) is 2.72. The SMILES string of the molecule is O=C(CN1CCCCCCC1=O)Nc1cccc(S(=O)(=O)NC2=NCCCCC2)c1. The van der Waals surface area contributed by atoms with Gasteiger partial charge in [-0.2, -0.15) is 0 Å². The van der Waals surface area contributed by atoms with E-state index in [9.17, 15) is 18.0 Å². The Bertz CT molecular complexity index is 898. The highest BCUT2D eigenvalue weighted by molar-refractivity contribution is 7.90. The molecular weight excluding hydrogens is 404 g/mol. The average molecular weight is 435 g/mol. The van der Waals surface area contributed by atoms with E-state index in [1.807, 2.05) is 0 Å². The highest BCUT2D eigenvalue weighted by Gasteiger charge is 2.20. The minimum atomic E-state index is -3.78. The van der Waals surface area contributed by atoms with E-state index in [4.69, 9.17) is 0 Å². The van der Waals surface area contributed by atoms with E-state index in [1.165, 1.54) is 12.1 Å². The van der Waals surface area contributed by atoms with Crippen LogP contribution in [-0.4, -0.2) is 50.6 Å². The Kier molecular flexibility index (Phi) is 7.84. The average Bonchev–Trinajstić information content (AvgIpc) is 2.96. The molecule has 1 aromatic carbocycles.